The van der Waals surface area contributed by atoms with E-state index in [1.165, 1.54) is 19.3 Å². The zero-order valence-corrected chi connectivity index (χ0v) is 11.4. The van der Waals surface area contributed by atoms with E-state index in [2.05, 4.69) is 5.32 Å². The van der Waals surface area contributed by atoms with Crippen LogP contribution < -0.4 is 14.8 Å². The summed E-state index contributed by atoms with van der Waals surface area (Å²) in [7, 11) is 0. The minimum Gasteiger partial charge on any atom is -0.486 e. The van der Waals surface area contributed by atoms with Gasteiger partial charge in [0.25, 0.3) is 5.91 Å². The molecular formula is C16H19NO3. The first kappa shape index (κ1) is 12.1. The van der Waals surface area contributed by atoms with Crippen LogP contribution in [0.2, 0.25) is 0 Å². The third-order valence-corrected chi connectivity index (χ3v) is 4.86. The van der Waals surface area contributed by atoms with E-state index in [9.17, 15) is 4.79 Å². The van der Waals surface area contributed by atoms with Crippen molar-refractivity contribution >= 4 is 5.91 Å². The third-order valence-electron chi connectivity index (χ3n) is 4.86. The van der Waals surface area contributed by atoms with Gasteiger partial charge in [0, 0.05) is 11.6 Å². The molecule has 1 aromatic rings. The van der Waals surface area contributed by atoms with Crippen molar-refractivity contribution in [1.82, 2.24) is 5.32 Å². The molecule has 4 nitrogen and oxygen atoms in total. The van der Waals surface area contributed by atoms with Crippen LogP contribution >= 0.6 is 0 Å². The molecule has 3 aliphatic rings. The van der Waals surface area contributed by atoms with Crippen LogP contribution in [-0.4, -0.2) is 25.2 Å². The highest BCUT2D eigenvalue weighted by Crippen LogP contribution is 2.44. The Morgan fingerprint density at radius 1 is 1.10 bits per heavy atom. The normalized spacial score (nSPS) is 30.3. The number of carbonyl (C=O) groups is 1. The zero-order chi connectivity index (χ0) is 13.5. The Bertz CT molecular complexity index is 543. The first-order chi connectivity index (χ1) is 9.79. The summed E-state index contributed by atoms with van der Waals surface area (Å²) in [6.07, 6.45) is 5.07. The second-order valence-corrected chi connectivity index (χ2v) is 6.11. The molecule has 4 rings (SSSR count). The number of hydrogen-bond donors (Lipinski definition) is 1. The van der Waals surface area contributed by atoms with Crippen LogP contribution in [0.15, 0.2) is 18.2 Å². The fourth-order valence-electron chi connectivity index (χ4n) is 3.86. The van der Waals surface area contributed by atoms with E-state index in [0.717, 1.165) is 18.1 Å². The van der Waals surface area contributed by atoms with Gasteiger partial charge < -0.3 is 14.8 Å². The van der Waals surface area contributed by atoms with E-state index >= 15 is 0 Å². The lowest BCUT2D eigenvalue weighted by Gasteiger charge is -2.23. The first-order valence-corrected chi connectivity index (χ1v) is 7.50. The van der Waals surface area contributed by atoms with E-state index in [1.807, 2.05) is 12.1 Å². The molecule has 4 heteroatoms. The lowest BCUT2D eigenvalue weighted by Crippen LogP contribution is -2.38. The predicted molar refractivity (Wildman–Crippen MR) is 74.1 cm³/mol. The van der Waals surface area contributed by atoms with Crippen molar-refractivity contribution in [2.45, 2.75) is 31.7 Å². The molecule has 3 atom stereocenters. The Kier molecular flexibility index (Phi) is 2.83. The van der Waals surface area contributed by atoms with Gasteiger partial charge in [0.2, 0.25) is 0 Å². The average molecular weight is 273 g/mol. The molecule has 0 saturated heterocycles. The van der Waals surface area contributed by atoms with E-state index in [1.54, 1.807) is 6.07 Å². The standard InChI is InChI=1S/C16H19NO3/c18-16(17-13-8-10-1-2-11(13)7-10)12-3-4-14-15(9-12)20-6-5-19-14/h3-4,9-11,13H,1-2,5-8H2,(H,17,18). The summed E-state index contributed by atoms with van der Waals surface area (Å²) in [4.78, 5) is 12.4. The van der Waals surface area contributed by atoms with Gasteiger partial charge in [-0.3, -0.25) is 4.79 Å². The zero-order valence-electron chi connectivity index (χ0n) is 11.4. The molecule has 3 unspecified atom stereocenters. The second-order valence-electron chi connectivity index (χ2n) is 6.11. The largest absolute Gasteiger partial charge is 0.486 e. The van der Waals surface area contributed by atoms with E-state index in [-0.39, 0.29) is 5.91 Å². The van der Waals surface area contributed by atoms with Crippen molar-refractivity contribution in [1.29, 1.82) is 0 Å². The van der Waals surface area contributed by atoms with Gasteiger partial charge in [-0.1, -0.05) is 6.42 Å². The van der Waals surface area contributed by atoms with Gasteiger partial charge in [-0.05, 0) is 49.3 Å². The molecular weight excluding hydrogens is 254 g/mol. The molecule has 2 fully saturated rings. The summed E-state index contributed by atoms with van der Waals surface area (Å²) in [6, 6.07) is 5.80. The number of benzene rings is 1. The molecule has 1 heterocycles. The molecule has 20 heavy (non-hydrogen) atoms. The number of nitrogens with one attached hydrogen (secondary N) is 1. The Labute approximate surface area is 118 Å². The minimum atomic E-state index is 0.0134. The molecule has 106 valence electrons. The van der Waals surface area contributed by atoms with Crippen LogP contribution in [0.4, 0.5) is 0 Å². The summed E-state index contributed by atoms with van der Waals surface area (Å²) in [5.41, 5.74) is 0.664. The SMILES string of the molecule is O=C(NC1CC2CCC1C2)c1ccc2c(c1)OCCO2. The van der Waals surface area contributed by atoms with Crippen LogP contribution in [0.5, 0.6) is 11.5 Å². The van der Waals surface area contributed by atoms with Crippen LogP contribution in [-0.2, 0) is 0 Å². The Morgan fingerprint density at radius 2 is 1.95 bits per heavy atom. The summed E-state index contributed by atoms with van der Waals surface area (Å²) in [5.74, 6) is 2.95. The fraction of sp³-hybridized carbons (Fsp3) is 0.562. The summed E-state index contributed by atoms with van der Waals surface area (Å²) >= 11 is 0. The Balaban J connectivity index is 1.48. The Hall–Kier alpha value is -1.71. The smallest absolute Gasteiger partial charge is 0.251 e. The van der Waals surface area contributed by atoms with Crippen molar-refractivity contribution in [3.05, 3.63) is 23.8 Å². The highest BCUT2D eigenvalue weighted by atomic mass is 16.6. The number of rotatable bonds is 2. The maximum atomic E-state index is 12.4. The van der Waals surface area contributed by atoms with Gasteiger partial charge in [-0.2, -0.15) is 0 Å². The van der Waals surface area contributed by atoms with Gasteiger partial charge in [-0.15, -0.1) is 0 Å². The number of hydrogen-bond acceptors (Lipinski definition) is 3. The molecule has 2 aliphatic carbocycles. The number of fused-ring (bicyclic) bond motifs is 3. The molecule has 0 aromatic heterocycles. The maximum absolute atomic E-state index is 12.4. The highest BCUT2D eigenvalue weighted by Gasteiger charge is 2.40. The van der Waals surface area contributed by atoms with Gasteiger partial charge in [-0.25, -0.2) is 0 Å². The van der Waals surface area contributed by atoms with Crippen LogP contribution in [0.1, 0.15) is 36.0 Å². The molecule has 0 spiro atoms. The quantitative estimate of drug-likeness (QED) is 0.900. The van der Waals surface area contributed by atoms with Gasteiger partial charge >= 0.3 is 0 Å². The van der Waals surface area contributed by atoms with Gasteiger partial charge in [0.05, 0.1) is 0 Å². The summed E-state index contributed by atoms with van der Waals surface area (Å²) < 4.78 is 11.0. The summed E-state index contributed by atoms with van der Waals surface area (Å²) in [6.45, 7) is 1.12. The van der Waals surface area contributed by atoms with E-state index in [0.29, 0.717) is 36.5 Å². The molecule has 1 amide bonds. The fourth-order valence-corrected chi connectivity index (χ4v) is 3.86. The Morgan fingerprint density at radius 3 is 2.70 bits per heavy atom. The molecule has 0 radical (unpaired) electrons. The average Bonchev–Trinajstić information content (AvgIpc) is 3.09. The second kappa shape index (κ2) is 4.69. The van der Waals surface area contributed by atoms with Crippen molar-refractivity contribution in [2.75, 3.05) is 13.2 Å². The van der Waals surface area contributed by atoms with Gasteiger partial charge in [0.1, 0.15) is 13.2 Å². The third kappa shape index (κ3) is 2.03. The van der Waals surface area contributed by atoms with Crippen molar-refractivity contribution < 1.29 is 14.3 Å². The topological polar surface area (TPSA) is 47.6 Å². The highest BCUT2D eigenvalue weighted by molar-refractivity contribution is 5.95. The lowest BCUT2D eigenvalue weighted by molar-refractivity contribution is 0.0921. The van der Waals surface area contributed by atoms with E-state index in [4.69, 9.17) is 9.47 Å². The molecule has 1 aliphatic heterocycles. The number of carbonyl (C=O) groups excluding carboxylic acids is 1. The molecule has 1 aromatic carbocycles. The number of amides is 1. The summed E-state index contributed by atoms with van der Waals surface area (Å²) in [5, 5.41) is 3.20. The predicted octanol–water partition coefficient (Wildman–Crippen LogP) is 2.38. The molecule has 2 bridgehead atoms. The van der Waals surface area contributed by atoms with Crippen molar-refractivity contribution in [3.8, 4) is 11.5 Å². The molecule has 2 saturated carbocycles. The van der Waals surface area contributed by atoms with Crippen molar-refractivity contribution in [2.24, 2.45) is 11.8 Å². The maximum Gasteiger partial charge on any atom is 0.251 e. The van der Waals surface area contributed by atoms with Crippen LogP contribution in [0.3, 0.4) is 0 Å². The lowest BCUT2D eigenvalue weighted by atomic mass is 9.95. The van der Waals surface area contributed by atoms with Crippen molar-refractivity contribution in [3.63, 3.8) is 0 Å². The number of ether oxygens (including phenoxy) is 2. The minimum absolute atomic E-state index is 0.0134. The molecule has 1 N–H and O–H groups in total. The first-order valence-electron chi connectivity index (χ1n) is 7.50. The van der Waals surface area contributed by atoms with Gasteiger partial charge in [0.15, 0.2) is 11.5 Å². The van der Waals surface area contributed by atoms with Crippen LogP contribution in [0.25, 0.3) is 0 Å². The van der Waals surface area contributed by atoms with E-state index < -0.39 is 0 Å². The monoisotopic (exact) mass is 273 g/mol. The van der Waals surface area contributed by atoms with Crippen LogP contribution in [0, 0.1) is 11.8 Å².